The third kappa shape index (κ3) is 6.16. The number of hydrogen-bond acceptors (Lipinski definition) is 6. The first-order valence-corrected chi connectivity index (χ1v) is 9.33. The highest BCUT2D eigenvalue weighted by atomic mass is 16.5. The average molecular weight is 412 g/mol. The second kappa shape index (κ2) is 10.8. The molecule has 0 bridgehead atoms. The van der Waals surface area contributed by atoms with Crippen LogP contribution in [0.5, 0.6) is 0 Å². The Kier molecular flexibility index (Phi) is 8.10. The molecule has 2 aromatic carbocycles. The quantitative estimate of drug-likeness (QED) is 0.644. The Balaban J connectivity index is 1.96. The summed E-state index contributed by atoms with van der Waals surface area (Å²) in [6.07, 6.45) is 0. The Labute approximate surface area is 174 Å². The third-order valence-electron chi connectivity index (χ3n) is 4.20. The molecule has 30 heavy (non-hydrogen) atoms. The largest absolute Gasteiger partial charge is 0.465 e. The fourth-order valence-corrected chi connectivity index (χ4v) is 2.60. The lowest BCUT2D eigenvalue weighted by atomic mass is 10.0. The lowest BCUT2D eigenvalue weighted by Gasteiger charge is -2.21. The molecule has 0 saturated carbocycles. The standard InChI is InChI=1S/C22H24N2O6/c1-14(2)19(24-20(26)15-9-5-4-6-10-15)22(28)30-13-18(25)23-17-12-8-7-11-16(17)21(27)29-3/h4-12,14,19H,13H2,1-3H3,(H,23,25)(H,24,26)/t19-/m1/s1. The molecule has 2 N–H and O–H groups in total. The second-order valence-electron chi connectivity index (χ2n) is 6.75. The van der Waals surface area contributed by atoms with Crippen LogP contribution in [0.4, 0.5) is 5.69 Å². The molecule has 0 unspecified atom stereocenters. The van der Waals surface area contributed by atoms with Crippen LogP contribution in [0.1, 0.15) is 34.6 Å². The fourth-order valence-electron chi connectivity index (χ4n) is 2.60. The second-order valence-corrected chi connectivity index (χ2v) is 6.75. The molecule has 158 valence electrons. The number of carbonyl (C=O) groups is 4. The lowest BCUT2D eigenvalue weighted by molar-refractivity contribution is -0.150. The van der Waals surface area contributed by atoms with E-state index in [9.17, 15) is 19.2 Å². The van der Waals surface area contributed by atoms with Gasteiger partial charge in [0.15, 0.2) is 6.61 Å². The molecule has 0 aliphatic heterocycles. The van der Waals surface area contributed by atoms with Gasteiger partial charge in [-0.05, 0) is 30.2 Å². The van der Waals surface area contributed by atoms with Gasteiger partial charge in [-0.1, -0.05) is 44.2 Å². The maximum Gasteiger partial charge on any atom is 0.339 e. The maximum absolute atomic E-state index is 12.4. The summed E-state index contributed by atoms with van der Waals surface area (Å²) in [5, 5.41) is 5.14. The molecule has 0 aliphatic rings. The first kappa shape index (κ1) is 22.6. The molecular weight excluding hydrogens is 388 g/mol. The highest BCUT2D eigenvalue weighted by Gasteiger charge is 2.27. The first-order chi connectivity index (χ1) is 14.3. The predicted octanol–water partition coefficient (Wildman–Crippen LogP) is 2.41. The number of para-hydroxylation sites is 1. The van der Waals surface area contributed by atoms with Crippen LogP contribution in [0.15, 0.2) is 54.6 Å². The Morgan fingerprint density at radius 1 is 0.933 bits per heavy atom. The van der Waals surface area contributed by atoms with Crippen molar-refractivity contribution in [3.8, 4) is 0 Å². The molecule has 0 heterocycles. The molecule has 8 nitrogen and oxygen atoms in total. The van der Waals surface area contributed by atoms with Crippen LogP contribution in [0.25, 0.3) is 0 Å². The van der Waals surface area contributed by atoms with E-state index < -0.39 is 36.4 Å². The van der Waals surface area contributed by atoms with Crippen LogP contribution in [-0.4, -0.2) is 43.5 Å². The number of benzene rings is 2. The van der Waals surface area contributed by atoms with Crippen LogP contribution in [0.3, 0.4) is 0 Å². The van der Waals surface area contributed by atoms with E-state index in [4.69, 9.17) is 4.74 Å². The van der Waals surface area contributed by atoms with Crippen LogP contribution in [0, 0.1) is 5.92 Å². The van der Waals surface area contributed by atoms with Gasteiger partial charge in [-0.3, -0.25) is 9.59 Å². The first-order valence-electron chi connectivity index (χ1n) is 9.33. The van der Waals surface area contributed by atoms with Gasteiger partial charge in [0, 0.05) is 5.56 Å². The summed E-state index contributed by atoms with van der Waals surface area (Å²) in [7, 11) is 1.23. The maximum atomic E-state index is 12.4. The van der Waals surface area contributed by atoms with E-state index >= 15 is 0 Å². The zero-order chi connectivity index (χ0) is 22.1. The molecular formula is C22H24N2O6. The van der Waals surface area contributed by atoms with E-state index in [-0.39, 0.29) is 17.2 Å². The van der Waals surface area contributed by atoms with Gasteiger partial charge in [0.25, 0.3) is 11.8 Å². The minimum absolute atomic E-state index is 0.176. The molecule has 0 aromatic heterocycles. The predicted molar refractivity (Wildman–Crippen MR) is 110 cm³/mol. The molecule has 8 heteroatoms. The number of ether oxygens (including phenoxy) is 2. The van der Waals surface area contributed by atoms with Crippen LogP contribution >= 0.6 is 0 Å². The molecule has 0 saturated heterocycles. The molecule has 2 amide bonds. The van der Waals surface area contributed by atoms with Crippen molar-refractivity contribution in [2.75, 3.05) is 19.0 Å². The lowest BCUT2D eigenvalue weighted by Crippen LogP contribution is -2.45. The van der Waals surface area contributed by atoms with Crippen molar-refractivity contribution in [3.05, 3.63) is 65.7 Å². The van der Waals surface area contributed by atoms with Gasteiger partial charge in [-0.25, -0.2) is 9.59 Å². The smallest absolute Gasteiger partial charge is 0.339 e. The third-order valence-corrected chi connectivity index (χ3v) is 4.20. The zero-order valence-electron chi connectivity index (χ0n) is 17.0. The Bertz CT molecular complexity index is 911. The van der Waals surface area contributed by atoms with Gasteiger partial charge >= 0.3 is 11.9 Å². The normalized spacial score (nSPS) is 11.3. The number of anilines is 1. The fraction of sp³-hybridized carbons (Fsp3) is 0.273. The summed E-state index contributed by atoms with van der Waals surface area (Å²) in [6, 6.07) is 13.9. The summed E-state index contributed by atoms with van der Waals surface area (Å²) < 4.78 is 9.75. The Morgan fingerprint density at radius 3 is 2.20 bits per heavy atom. The van der Waals surface area contributed by atoms with Gasteiger partial charge in [-0.15, -0.1) is 0 Å². The van der Waals surface area contributed by atoms with Crippen molar-refractivity contribution < 1.29 is 28.7 Å². The van der Waals surface area contributed by atoms with E-state index in [0.29, 0.717) is 5.56 Å². The highest BCUT2D eigenvalue weighted by Crippen LogP contribution is 2.16. The molecule has 0 fully saturated rings. The van der Waals surface area contributed by atoms with E-state index in [1.54, 1.807) is 56.3 Å². The minimum Gasteiger partial charge on any atom is -0.465 e. The van der Waals surface area contributed by atoms with Crippen molar-refractivity contribution in [2.24, 2.45) is 5.92 Å². The molecule has 0 radical (unpaired) electrons. The molecule has 1 atom stereocenters. The minimum atomic E-state index is -0.923. The van der Waals surface area contributed by atoms with Gasteiger partial charge < -0.3 is 20.1 Å². The average Bonchev–Trinajstić information content (AvgIpc) is 2.75. The Morgan fingerprint density at radius 2 is 1.57 bits per heavy atom. The number of rotatable bonds is 8. The van der Waals surface area contributed by atoms with Crippen molar-refractivity contribution in [3.63, 3.8) is 0 Å². The zero-order valence-corrected chi connectivity index (χ0v) is 17.0. The van der Waals surface area contributed by atoms with Crippen molar-refractivity contribution >= 4 is 29.4 Å². The molecule has 0 aliphatic carbocycles. The van der Waals surface area contributed by atoms with E-state index in [2.05, 4.69) is 15.4 Å². The summed E-state index contributed by atoms with van der Waals surface area (Å²) in [5.74, 6) is -2.63. The summed E-state index contributed by atoms with van der Waals surface area (Å²) >= 11 is 0. The number of esters is 2. The summed E-state index contributed by atoms with van der Waals surface area (Å²) in [5.41, 5.74) is 0.825. The van der Waals surface area contributed by atoms with E-state index in [1.165, 1.54) is 19.2 Å². The van der Waals surface area contributed by atoms with Crippen molar-refractivity contribution in [2.45, 2.75) is 19.9 Å². The van der Waals surface area contributed by atoms with E-state index in [1.807, 2.05) is 0 Å². The number of carbonyl (C=O) groups excluding carboxylic acids is 4. The summed E-state index contributed by atoms with van der Waals surface area (Å²) in [6.45, 7) is 2.94. The van der Waals surface area contributed by atoms with E-state index in [0.717, 1.165) is 0 Å². The number of amides is 2. The van der Waals surface area contributed by atoms with Crippen LogP contribution in [-0.2, 0) is 19.1 Å². The number of nitrogens with one attached hydrogen (secondary N) is 2. The SMILES string of the molecule is COC(=O)c1ccccc1NC(=O)COC(=O)[C@H](NC(=O)c1ccccc1)C(C)C. The number of methoxy groups -OCH3 is 1. The summed E-state index contributed by atoms with van der Waals surface area (Å²) in [4.78, 5) is 48.7. The van der Waals surface area contributed by atoms with Crippen molar-refractivity contribution in [1.29, 1.82) is 0 Å². The van der Waals surface area contributed by atoms with Gasteiger partial charge in [0.1, 0.15) is 6.04 Å². The van der Waals surface area contributed by atoms with Crippen LogP contribution < -0.4 is 10.6 Å². The molecule has 2 rings (SSSR count). The topological polar surface area (TPSA) is 111 Å². The molecule has 0 spiro atoms. The molecule has 2 aromatic rings. The van der Waals surface area contributed by atoms with Crippen molar-refractivity contribution in [1.82, 2.24) is 5.32 Å². The highest BCUT2D eigenvalue weighted by molar-refractivity contribution is 6.02. The van der Waals surface area contributed by atoms with Gasteiger partial charge in [0.2, 0.25) is 0 Å². The monoisotopic (exact) mass is 412 g/mol. The Hall–Kier alpha value is -3.68. The van der Waals surface area contributed by atoms with Gasteiger partial charge in [-0.2, -0.15) is 0 Å². The van der Waals surface area contributed by atoms with Crippen LogP contribution in [0.2, 0.25) is 0 Å². The number of hydrogen-bond donors (Lipinski definition) is 2. The van der Waals surface area contributed by atoms with Gasteiger partial charge in [0.05, 0.1) is 18.4 Å².